The Bertz CT molecular complexity index is 2500. The first-order valence-corrected chi connectivity index (χ1v) is 25.5. The van der Waals surface area contributed by atoms with E-state index in [0.717, 1.165) is 109 Å². The third-order valence-electron chi connectivity index (χ3n) is 13.3. The lowest BCUT2D eigenvalue weighted by molar-refractivity contribution is -0.142. The molecule has 3 aliphatic heterocycles. The van der Waals surface area contributed by atoms with Crippen LogP contribution in [-0.4, -0.2) is 132 Å². The first kappa shape index (κ1) is 53.6. The van der Waals surface area contributed by atoms with Crippen LogP contribution in [0.5, 0.6) is 0 Å². The highest BCUT2D eigenvalue weighted by Gasteiger charge is 2.34. The standard InChI is InChI=1S/C46H62N8O6S.C7H11NO/c1-9-53-39-13-12-32(38-25-61-40(50-38)22-37(45(58)54-19-11-10-16-49-54)51-44(57)42(29(2)3)52(7)27-55)20-34(39)36(23-46(5,6)26-60-28-56)43(53)35-21-33(31-14-17-47-18-15-31)24-48-41(35)30(4)59-8;1-2-7(9)8-5-3-4-6-8/h12-14,20-21,24-25,27-30,37,42,47,49H,9-11,15-19,22-23,26H2,1-8H3,(H,51,57);2H,1,3-6H2. The second kappa shape index (κ2) is 24.9. The highest BCUT2D eigenvalue weighted by Crippen LogP contribution is 2.43. The van der Waals surface area contributed by atoms with Crippen molar-refractivity contribution in [1.29, 1.82) is 0 Å². The molecule has 2 saturated heterocycles. The minimum absolute atomic E-state index is 0.0764. The van der Waals surface area contributed by atoms with Crippen molar-refractivity contribution in [3.8, 4) is 22.5 Å². The number of aryl methyl sites for hydroxylation is 1. The molecule has 70 heavy (non-hydrogen) atoms. The summed E-state index contributed by atoms with van der Waals surface area (Å²) in [6, 6.07) is 7.05. The van der Waals surface area contributed by atoms with Gasteiger partial charge in [-0.15, -0.1) is 11.3 Å². The number of methoxy groups -OCH3 is 1. The largest absolute Gasteiger partial charge is 0.467 e. The number of likely N-dealkylation sites (tertiary alicyclic amines) is 1. The smallest absolute Gasteiger partial charge is 0.293 e. The number of thiazole rings is 1. The van der Waals surface area contributed by atoms with Crippen molar-refractivity contribution in [3.05, 3.63) is 76.4 Å². The van der Waals surface area contributed by atoms with Crippen LogP contribution in [0.3, 0.4) is 0 Å². The van der Waals surface area contributed by atoms with Gasteiger partial charge in [-0.2, -0.15) is 0 Å². The predicted octanol–water partition coefficient (Wildman–Crippen LogP) is 6.73. The normalized spacial score (nSPS) is 16.4. The molecule has 3 aliphatic rings. The SMILES string of the molecule is C=CC(=O)N1CCCC1.CCn1c(-c2cc(C3=CCNCC3)cnc2C(C)OC)c(CC(C)(C)COC=O)c2cc(-c3csc(CC(NC(=O)C(C(C)C)N(C)C=O)C(=O)N4CCCCN4)n3)ccc21. The molecule has 3 N–H and O–H groups in total. The van der Waals surface area contributed by atoms with Gasteiger partial charge in [0.2, 0.25) is 18.2 Å². The lowest BCUT2D eigenvalue weighted by atomic mass is 9.84. The van der Waals surface area contributed by atoms with Gasteiger partial charge in [0.1, 0.15) is 12.1 Å². The first-order valence-electron chi connectivity index (χ1n) is 24.7. The van der Waals surface area contributed by atoms with Gasteiger partial charge in [0.15, 0.2) is 0 Å². The van der Waals surface area contributed by atoms with E-state index in [2.05, 4.69) is 78.3 Å². The Morgan fingerprint density at radius 1 is 1.04 bits per heavy atom. The molecule has 17 heteroatoms. The number of rotatable bonds is 20. The monoisotopic (exact) mass is 980 g/mol. The zero-order valence-corrected chi connectivity index (χ0v) is 43.2. The van der Waals surface area contributed by atoms with E-state index in [9.17, 15) is 24.0 Å². The Morgan fingerprint density at radius 3 is 2.43 bits per heavy atom. The average molecular weight is 980 g/mol. The quantitative estimate of drug-likeness (QED) is 0.0631. The fourth-order valence-electron chi connectivity index (χ4n) is 9.67. The summed E-state index contributed by atoms with van der Waals surface area (Å²) >= 11 is 1.44. The van der Waals surface area contributed by atoms with Gasteiger partial charge in [0.05, 0.1) is 34.8 Å². The number of nitrogens with zero attached hydrogens (tertiary/aromatic N) is 6. The number of fused-ring (bicyclic) bond motifs is 1. The maximum atomic E-state index is 14.0. The van der Waals surface area contributed by atoms with E-state index in [1.165, 1.54) is 27.9 Å². The van der Waals surface area contributed by atoms with Gasteiger partial charge in [0.25, 0.3) is 12.4 Å². The molecule has 0 radical (unpaired) electrons. The molecule has 6 heterocycles. The van der Waals surface area contributed by atoms with Crippen LogP contribution in [0.25, 0.3) is 39.0 Å². The minimum atomic E-state index is -0.891. The number of likely N-dealkylation sites (N-methyl/N-ethyl adjacent to an activating group) is 1. The van der Waals surface area contributed by atoms with Gasteiger partial charge in [-0.25, -0.2) is 10.4 Å². The van der Waals surface area contributed by atoms with Gasteiger partial charge in [0, 0.05) is 98.9 Å². The third-order valence-corrected chi connectivity index (χ3v) is 14.2. The molecular weight excluding hydrogens is 907 g/mol. The second-order valence-corrected chi connectivity index (χ2v) is 20.4. The zero-order valence-electron chi connectivity index (χ0n) is 42.3. The molecule has 4 amide bonds. The first-order chi connectivity index (χ1) is 33.6. The van der Waals surface area contributed by atoms with Crippen LogP contribution in [-0.2, 0) is 52.8 Å². The number of amides is 4. The number of nitrogens with one attached hydrogen (secondary N) is 3. The maximum absolute atomic E-state index is 14.0. The maximum Gasteiger partial charge on any atom is 0.293 e. The molecule has 16 nitrogen and oxygen atoms in total. The summed E-state index contributed by atoms with van der Waals surface area (Å²) in [6.07, 6.45) is 11.8. The van der Waals surface area contributed by atoms with Crippen LogP contribution in [0, 0.1) is 11.3 Å². The molecule has 3 unspecified atom stereocenters. The van der Waals surface area contributed by atoms with Crippen molar-refractivity contribution in [2.24, 2.45) is 11.3 Å². The molecule has 0 bridgehead atoms. The van der Waals surface area contributed by atoms with Crippen molar-refractivity contribution in [2.75, 3.05) is 60.0 Å². The molecule has 0 saturated carbocycles. The van der Waals surface area contributed by atoms with Crippen molar-refractivity contribution in [1.82, 2.24) is 45.4 Å². The molecule has 0 aliphatic carbocycles. The Morgan fingerprint density at radius 2 is 1.80 bits per heavy atom. The van der Waals surface area contributed by atoms with E-state index in [1.807, 2.05) is 37.2 Å². The second-order valence-electron chi connectivity index (χ2n) is 19.5. The number of hydrogen-bond donors (Lipinski definition) is 3. The van der Waals surface area contributed by atoms with Crippen LogP contribution < -0.4 is 16.1 Å². The number of carbonyl (C=O) groups is 5. The Kier molecular flexibility index (Phi) is 19.1. The van der Waals surface area contributed by atoms with Crippen LogP contribution in [0.1, 0.15) is 102 Å². The van der Waals surface area contributed by atoms with Crippen LogP contribution in [0.4, 0.5) is 0 Å². The summed E-state index contributed by atoms with van der Waals surface area (Å²) in [4.78, 5) is 74.9. The molecule has 378 valence electrons. The van der Waals surface area contributed by atoms with E-state index in [0.29, 0.717) is 43.9 Å². The zero-order chi connectivity index (χ0) is 50.5. The van der Waals surface area contributed by atoms with E-state index in [1.54, 1.807) is 19.2 Å². The average Bonchev–Trinajstić information content (AvgIpc) is 4.15. The van der Waals surface area contributed by atoms with Crippen molar-refractivity contribution in [3.63, 3.8) is 0 Å². The van der Waals surface area contributed by atoms with Crippen LogP contribution >= 0.6 is 11.3 Å². The van der Waals surface area contributed by atoms with E-state index in [4.69, 9.17) is 19.4 Å². The molecule has 3 atom stereocenters. The van der Waals surface area contributed by atoms with Gasteiger partial charge >= 0.3 is 0 Å². The van der Waals surface area contributed by atoms with Crippen LogP contribution in [0.15, 0.2) is 54.6 Å². The molecule has 1 aromatic carbocycles. The van der Waals surface area contributed by atoms with Gasteiger partial charge < -0.3 is 34.5 Å². The fourth-order valence-corrected chi connectivity index (χ4v) is 10.5. The number of benzene rings is 1. The molecule has 2 fully saturated rings. The highest BCUT2D eigenvalue weighted by atomic mass is 32.1. The molecule has 4 aromatic rings. The van der Waals surface area contributed by atoms with E-state index < -0.39 is 17.5 Å². The summed E-state index contributed by atoms with van der Waals surface area (Å²) in [6.45, 7) is 21.8. The third kappa shape index (κ3) is 13.0. The number of aromatic nitrogens is 3. The summed E-state index contributed by atoms with van der Waals surface area (Å²) in [5.41, 5.74) is 11.9. The summed E-state index contributed by atoms with van der Waals surface area (Å²) in [7, 11) is 3.28. The van der Waals surface area contributed by atoms with Gasteiger partial charge in [-0.3, -0.25) is 34.0 Å². The number of carbonyl (C=O) groups excluding carboxylic acids is 5. The van der Waals surface area contributed by atoms with Crippen molar-refractivity contribution >= 4 is 58.4 Å². The highest BCUT2D eigenvalue weighted by molar-refractivity contribution is 7.10. The molecule has 3 aromatic heterocycles. The Hall–Kier alpha value is -5.75. The minimum Gasteiger partial charge on any atom is -0.467 e. The summed E-state index contributed by atoms with van der Waals surface area (Å²) < 4.78 is 13.6. The van der Waals surface area contributed by atoms with Crippen LogP contribution in [0.2, 0.25) is 0 Å². The Labute approximate surface area is 417 Å². The summed E-state index contributed by atoms with van der Waals surface area (Å²) in [5, 5.41) is 11.7. The summed E-state index contributed by atoms with van der Waals surface area (Å²) in [5.74, 6) is -0.714. The lowest BCUT2D eigenvalue weighted by Gasteiger charge is -2.33. The Balaban J connectivity index is 0.000000802. The van der Waals surface area contributed by atoms with Gasteiger partial charge in [-0.1, -0.05) is 46.4 Å². The number of pyridine rings is 1. The predicted molar refractivity (Wildman–Crippen MR) is 275 cm³/mol. The molecule has 7 rings (SSSR count). The molecular formula is C53H73N9O7S. The van der Waals surface area contributed by atoms with Gasteiger partial charge in [-0.05, 0) is 106 Å². The topological polar surface area (TPSA) is 180 Å². The number of hydrogen-bond acceptors (Lipinski definition) is 12. The molecule has 0 spiro atoms. The van der Waals surface area contributed by atoms with Crippen molar-refractivity contribution < 1.29 is 33.4 Å². The number of ether oxygens (including phenoxy) is 2. The number of hydrazine groups is 1. The van der Waals surface area contributed by atoms with E-state index >= 15 is 0 Å². The lowest BCUT2D eigenvalue weighted by Crippen LogP contribution is -2.58. The van der Waals surface area contributed by atoms with Crippen molar-refractivity contribution in [2.45, 2.75) is 111 Å². The fraction of sp³-hybridized carbons (Fsp3) is 0.528. The van der Waals surface area contributed by atoms with E-state index in [-0.39, 0.29) is 42.8 Å².